The molecule has 0 aromatic carbocycles. The Morgan fingerprint density at radius 1 is 1.00 bits per heavy atom. The van der Waals surface area contributed by atoms with Crippen LogP contribution in [-0.2, 0) is 0 Å². The van der Waals surface area contributed by atoms with Gasteiger partial charge in [0.1, 0.15) is 0 Å². The number of pyridine rings is 1. The second kappa shape index (κ2) is 5.23. The fraction of sp³-hybridized carbons (Fsp3) is 0.643. The molecule has 1 saturated carbocycles. The van der Waals surface area contributed by atoms with E-state index in [1.165, 1.54) is 49.2 Å². The lowest BCUT2D eigenvalue weighted by Crippen LogP contribution is -2.32. The smallest absolute Gasteiger partial charge is 0.0752 e. The third-order valence-electron chi connectivity index (χ3n) is 3.97. The molecule has 1 aromatic heterocycles. The highest BCUT2D eigenvalue weighted by molar-refractivity contribution is 8.17. The molecule has 0 atom stereocenters. The number of hydrogen-bond acceptors (Lipinski definition) is 3. The molecular formula is C14H19NS2. The SMILES string of the molecule is c1cc(C2SCC3(CCCCC3)CS2)ccn1. The normalized spacial score (nSPS) is 24.9. The van der Waals surface area contributed by atoms with Crippen molar-refractivity contribution in [2.75, 3.05) is 11.5 Å². The van der Waals surface area contributed by atoms with Gasteiger partial charge in [-0.1, -0.05) is 19.3 Å². The molecule has 2 fully saturated rings. The van der Waals surface area contributed by atoms with E-state index < -0.39 is 0 Å². The van der Waals surface area contributed by atoms with Gasteiger partial charge in [0.2, 0.25) is 0 Å². The predicted molar refractivity (Wildman–Crippen MR) is 77.4 cm³/mol. The molecule has 0 N–H and O–H groups in total. The fourth-order valence-corrected chi connectivity index (χ4v) is 6.31. The van der Waals surface area contributed by atoms with Crippen LogP contribution in [0.1, 0.15) is 42.2 Å². The zero-order chi connectivity index (χ0) is 11.6. The van der Waals surface area contributed by atoms with Crippen molar-refractivity contribution >= 4 is 23.5 Å². The molecule has 2 aliphatic rings. The highest BCUT2D eigenvalue weighted by Crippen LogP contribution is 2.54. The Morgan fingerprint density at radius 3 is 2.29 bits per heavy atom. The standard InChI is InChI=1S/C14H19NS2/c1-2-6-14(7-3-1)10-16-13(17-11-14)12-4-8-15-9-5-12/h4-5,8-9,13H,1-3,6-7,10-11H2. The van der Waals surface area contributed by atoms with Gasteiger partial charge in [-0.05, 0) is 36.0 Å². The van der Waals surface area contributed by atoms with E-state index in [-0.39, 0.29) is 0 Å². The summed E-state index contributed by atoms with van der Waals surface area (Å²) in [7, 11) is 0. The van der Waals surface area contributed by atoms with Gasteiger partial charge in [-0.15, -0.1) is 23.5 Å². The summed E-state index contributed by atoms with van der Waals surface area (Å²) in [5.74, 6) is 2.74. The summed E-state index contributed by atoms with van der Waals surface area (Å²) < 4.78 is 0.644. The summed E-state index contributed by atoms with van der Waals surface area (Å²) in [6, 6.07) is 4.34. The number of hydrogen-bond donors (Lipinski definition) is 0. The third-order valence-corrected chi connectivity index (χ3v) is 7.50. The maximum Gasteiger partial charge on any atom is 0.0752 e. The average molecular weight is 265 g/mol. The van der Waals surface area contributed by atoms with E-state index in [9.17, 15) is 0 Å². The van der Waals surface area contributed by atoms with E-state index in [0.717, 1.165) is 0 Å². The van der Waals surface area contributed by atoms with Crippen LogP contribution in [0.25, 0.3) is 0 Å². The molecule has 1 aliphatic carbocycles. The zero-order valence-electron chi connectivity index (χ0n) is 10.1. The van der Waals surface area contributed by atoms with Crippen LogP contribution in [0.2, 0.25) is 0 Å². The van der Waals surface area contributed by atoms with Gasteiger partial charge in [0.05, 0.1) is 4.58 Å². The van der Waals surface area contributed by atoms with Gasteiger partial charge >= 0.3 is 0 Å². The lowest BCUT2D eigenvalue weighted by Gasteiger charge is -2.42. The van der Waals surface area contributed by atoms with Gasteiger partial charge in [0.25, 0.3) is 0 Å². The summed E-state index contributed by atoms with van der Waals surface area (Å²) in [5, 5.41) is 0. The van der Waals surface area contributed by atoms with Crippen molar-refractivity contribution in [3.63, 3.8) is 0 Å². The monoisotopic (exact) mass is 265 g/mol. The Balaban J connectivity index is 1.64. The highest BCUT2D eigenvalue weighted by Gasteiger charge is 2.37. The summed E-state index contributed by atoms with van der Waals surface area (Å²) in [6.45, 7) is 0. The van der Waals surface area contributed by atoms with Crippen molar-refractivity contribution in [3.8, 4) is 0 Å². The van der Waals surface area contributed by atoms with Crippen molar-refractivity contribution in [1.29, 1.82) is 0 Å². The van der Waals surface area contributed by atoms with Gasteiger partial charge in [-0.3, -0.25) is 4.98 Å². The first kappa shape index (κ1) is 11.9. The van der Waals surface area contributed by atoms with E-state index in [1.54, 1.807) is 0 Å². The third kappa shape index (κ3) is 2.65. The van der Waals surface area contributed by atoms with Gasteiger partial charge in [-0.25, -0.2) is 0 Å². The summed E-state index contributed by atoms with van der Waals surface area (Å²) in [6.07, 6.45) is 11.2. The van der Waals surface area contributed by atoms with Gasteiger partial charge in [0, 0.05) is 23.9 Å². The Morgan fingerprint density at radius 2 is 1.65 bits per heavy atom. The highest BCUT2D eigenvalue weighted by atomic mass is 32.2. The van der Waals surface area contributed by atoms with Crippen molar-refractivity contribution in [1.82, 2.24) is 4.98 Å². The second-order valence-electron chi connectivity index (χ2n) is 5.30. The van der Waals surface area contributed by atoms with E-state index in [1.807, 2.05) is 12.4 Å². The quantitative estimate of drug-likeness (QED) is 0.741. The molecule has 2 heterocycles. The molecule has 0 bridgehead atoms. The molecule has 3 rings (SSSR count). The Hall–Kier alpha value is -0.150. The van der Waals surface area contributed by atoms with Gasteiger partial charge in [-0.2, -0.15) is 0 Å². The molecule has 1 nitrogen and oxygen atoms in total. The van der Waals surface area contributed by atoms with Crippen LogP contribution in [0, 0.1) is 5.41 Å². The fourth-order valence-electron chi connectivity index (χ4n) is 2.90. The predicted octanol–water partition coefficient (Wildman–Crippen LogP) is 4.51. The Bertz CT molecular complexity index is 350. The summed E-state index contributed by atoms with van der Waals surface area (Å²) >= 11 is 4.31. The maximum absolute atomic E-state index is 4.11. The van der Waals surface area contributed by atoms with E-state index in [0.29, 0.717) is 10.00 Å². The van der Waals surface area contributed by atoms with Crippen LogP contribution in [0.3, 0.4) is 0 Å². The molecule has 3 heteroatoms. The van der Waals surface area contributed by atoms with E-state index in [2.05, 4.69) is 40.6 Å². The number of nitrogens with zero attached hydrogens (tertiary/aromatic N) is 1. The Labute approximate surface area is 112 Å². The second-order valence-corrected chi connectivity index (χ2v) is 7.78. The first-order chi connectivity index (χ1) is 8.38. The molecule has 17 heavy (non-hydrogen) atoms. The van der Waals surface area contributed by atoms with Crippen LogP contribution < -0.4 is 0 Å². The molecular weight excluding hydrogens is 246 g/mol. The molecule has 0 unspecified atom stereocenters. The number of aromatic nitrogens is 1. The molecule has 1 saturated heterocycles. The lowest BCUT2D eigenvalue weighted by molar-refractivity contribution is 0.256. The number of rotatable bonds is 1. The van der Waals surface area contributed by atoms with E-state index >= 15 is 0 Å². The topological polar surface area (TPSA) is 12.9 Å². The molecule has 0 amide bonds. The van der Waals surface area contributed by atoms with Crippen molar-refractivity contribution in [2.45, 2.75) is 36.7 Å². The van der Waals surface area contributed by atoms with Crippen LogP contribution in [-0.4, -0.2) is 16.5 Å². The maximum atomic E-state index is 4.11. The molecule has 0 radical (unpaired) electrons. The Kier molecular flexibility index (Phi) is 3.67. The summed E-state index contributed by atoms with van der Waals surface area (Å²) in [5.41, 5.74) is 2.12. The van der Waals surface area contributed by atoms with Crippen molar-refractivity contribution in [2.24, 2.45) is 5.41 Å². The van der Waals surface area contributed by atoms with Crippen LogP contribution >= 0.6 is 23.5 Å². The summed E-state index contributed by atoms with van der Waals surface area (Å²) in [4.78, 5) is 4.11. The largest absolute Gasteiger partial charge is 0.265 e. The average Bonchev–Trinajstić information content (AvgIpc) is 2.42. The molecule has 1 spiro atoms. The minimum Gasteiger partial charge on any atom is -0.265 e. The lowest BCUT2D eigenvalue weighted by atomic mass is 9.77. The minimum absolute atomic E-state index is 0.644. The van der Waals surface area contributed by atoms with Crippen LogP contribution in [0.5, 0.6) is 0 Å². The van der Waals surface area contributed by atoms with Crippen LogP contribution in [0.4, 0.5) is 0 Å². The zero-order valence-corrected chi connectivity index (χ0v) is 11.7. The molecule has 1 aromatic rings. The molecule has 92 valence electrons. The minimum atomic E-state index is 0.644. The van der Waals surface area contributed by atoms with Gasteiger partial charge in [0.15, 0.2) is 0 Å². The van der Waals surface area contributed by atoms with E-state index in [4.69, 9.17) is 0 Å². The number of thioether (sulfide) groups is 2. The van der Waals surface area contributed by atoms with Crippen molar-refractivity contribution < 1.29 is 0 Å². The van der Waals surface area contributed by atoms with Crippen LogP contribution in [0.15, 0.2) is 24.5 Å². The first-order valence-electron chi connectivity index (χ1n) is 6.51. The van der Waals surface area contributed by atoms with Crippen molar-refractivity contribution in [3.05, 3.63) is 30.1 Å². The first-order valence-corrected chi connectivity index (χ1v) is 8.61. The van der Waals surface area contributed by atoms with Gasteiger partial charge < -0.3 is 0 Å². The molecule has 1 aliphatic heterocycles.